The number of anilines is 1. The van der Waals surface area contributed by atoms with E-state index < -0.39 is 0 Å². The average molecular weight is 395 g/mol. The van der Waals surface area contributed by atoms with Crippen molar-refractivity contribution >= 4 is 23.3 Å². The van der Waals surface area contributed by atoms with E-state index in [2.05, 4.69) is 27.3 Å². The molecule has 28 heavy (non-hydrogen) atoms. The maximum absolute atomic E-state index is 12.5. The highest BCUT2D eigenvalue weighted by Crippen LogP contribution is 2.23. The van der Waals surface area contributed by atoms with Gasteiger partial charge in [0.15, 0.2) is 0 Å². The lowest BCUT2D eigenvalue weighted by molar-refractivity contribution is -0.125. The van der Waals surface area contributed by atoms with E-state index >= 15 is 0 Å². The van der Waals surface area contributed by atoms with Crippen LogP contribution in [0.3, 0.4) is 0 Å². The lowest BCUT2D eigenvalue weighted by Crippen LogP contribution is -2.40. The second kappa shape index (κ2) is 8.48. The Morgan fingerprint density at radius 1 is 1.07 bits per heavy atom. The van der Waals surface area contributed by atoms with Crippen LogP contribution in [0.15, 0.2) is 67.1 Å². The van der Waals surface area contributed by atoms with E-state index in [9.17, 15) is 4.79 Å². The quantitative estimate of drug-likeness (QED) is 0.710. The van der Waals surface area contributed by atoms with Gasteiger partial charge in [0.25, 0.3) is 0 Å². The number of nitrogens with zero attached hydrogens (tertiary/aromatic N) is 3. The van der Waals surface area contributed by atoms with Gasteiger partial charge in [-0.05, 0) is 54.8 Å². The first-order chi connectivity index (χ1) is 13.7. The minimum Gasteiger partial charge on any atom is -0.357 e. The van der Waals surface area contributed by atoms with Crippen LogP contribution in [-0.4, -0.2) is 28.5 Å². The molecule has 0 spiro atoms. The fourth-order valence-electron chi connectivity index (χ4n) is 3.53. The van der Waals surface area contributed by atoms with Crippen molar-refractivity contribution < 1.29 is 4.79 Å². The highest BCUT2D eigenvalue weighted by atomic mass is 35.5. The predicted molar refractivity (Wildman–Crippen MR) is 112 cm³/mol. The summed E-state index contributed by atoms with van der Waals surface area (Å²) in [5.41, 5.74) is 2.10. The molecule has 0 atom stereocenters. The first-order valence-electron chi connectivity index (χ1n) is 9.55. The number of nitrogens with one attached hydrogen (secondary N) is 1. The zero-order chi connectivity index (χ0) is 19.3. The molecule has 6 heteroatoms. The van der Waals surface area contributed by atoms with E-state index in [0.29, 0.717) is 11.6 Å². The maximum atomic E-state index is 12.5. The first kappa shape index (κ1) is 18.6. The van der Waals surface area contributed by atoms with Gasteiger partial charge in [0.05, 0.1) is 11.9 Å². The largest absolute Gasteiger partial charge is 0.357 e. The zero-order valence-electron chi connectivity index (χ0n) is 15.6. The van der Waals surface area contributed by atoms with Crippen molar-refractivity contribution in [2.24, 2.45) is 5.92 Å². The van der Waals surface area contributed by atoms with Crippen molar-refractivity contribution in [1.29, 1.82) is 0 Å². The summed E-state index contributed by atoms with van der Waals surface area (Å²) in [5.74, 6) is 1.16. The van der Waals surface area contributed by atoms with Gasteiger partial charge in [0.1, 0.15) is 5.82 Å². The molecule has 1 saturated heterocycles. The smallest absolute Gasteiger partial charge is 0.223 e. The Morgan fingerprint density at radius 3 is 2.43 bits per heavy atom. The zero-order valence-corrected chi connectivity index (χ0v) is 16.3. The third kappa shape index (κ3) is 4.37. The van der Waals surface area contributed by atoms with Crippen molar-refractivity contribution in [3.8, 4) is 5.69 Å². The summed E-state index contributed by atoms with van der Waals surface area (Å²) in [5, 5.41) is 3.75. The standard InChI is InChI=1S/C22H23ClN4O/c23-19-5-3-17(4-6-19)15-25-22(28)18-9-13-27(14-10-18)21-8-7-20(16-24-21)26-11-1-2-12-26/h1-8,11-12,16,18H,9-10,13-15H2,(H,25,28). The molecule has 0 unspecified atom stereocenters. The molecule has 1 aliphatic heterocycles. The normalized spacial score (nSPS) is 14.8. The van der Waals surface area contributed by atoms with Gasteiger partial charge in [-0.25, -0.2) is 4.98 Å². The summed E-state index contributed by atoms with van der Waals surface area (Å²) >= 11 is 5.90. The Bertz CT molecular complexity index is 899. The molecule has 2 aromatic heterocycles. The van der Waals surface area contributed by atoms with E-state index in [1.165, 1.54) is 0 Å². The monoisotopic (exact) mass is 394 g/mol. The number of carbonyl (C=O) groups excluding carboxylic acids is 1. The van der Waals surface area contributed by atoms with Crippen LogP contribution in [0.1, 0.15) is 18.4 Å². The molecule has 5 nitrogen and oxygen atoms in total. The molecule has 1 aromatic carbocycles. The molecule has 4 rings (SSSR count). The number of amides is 1. The molecular weight excluding hydrogens is 372 g/mol. The molecule has 1 aliphatic rings. The Labute approximate surface area is 170 Å². The van der Waals surface area contributed by atoms with Crippen LogP contribution in [0.4, 0.5) is 5.82 Å². The van der Waals surface area contributed by atoms with Crippen molar-refractivity contribution in [3.63, 3.8) is 0 Å². The van der Waals surface area contributed by atoms with Crippen molar-refractivity contribution in [2.75, 3.05) is 18.0 Å². The van der Waals surface area contributed by atoms with Crippen LogP contribution in [0, 0.1) is 5.92 Å². The fraction of sp³-hybridized carbons (Fsp3) is 0.273. The van der Waals surface area contributed by atoms with Crippen molar-refractivity contribution in [2.45, 2.75) is 19.4 Å². The Kier molecular flexibility index (Phi) is 5.63. The number of hydrogen-bond donors (Lipinski definition) is 1. The van der Waals surface area contributed by atoms with E-state index in [-0.39, 0.29) is 11.8 Å². The Balaban J connectivity index is 1.28. The summed E-state index contributed by atoms with van der Waals surface area (Å²) in [6.07, 6.45) is 7.58. The molecule has 144 valence electrons. The van der Waals surface area contributed by atoms with E-state index in [1.807, 2.05) is 59.6 Å². The van der Waals surface area contributed by atoms with Gasteiger partial charge in [-0.2, -0.15) is 0 Å². The molecular formula is C22H23ClN4O. The van der Waals surface area contributed by atoms with E-state index in [0.717, 1.165) is 43.0 Å². The second-order valence-corrected chi connectivity index (χ2v) is 7.51. The molecule has 0 saturated carbocycles. The third-order valence-electron chi connectivity index (χ3n) is 5.20. The lowest BCUT2D eigenvalue weighted by Gasteiger charge is -2.32. The van der Waals surface area contributed by atoms with E-state index in [1.54, 1.807) is 0 Å². The van der Waals surface area contributed by atoms with E-state index in [4.69, 9.17) is 11.6 Å². The molecule has 0 aliphatic carbocycles. The molecule has 1 N–H and O–H groups in total. The summed E-state index contributed by atoms with van der Waals surface area (Å²) in [6, 6.07) is 15.7. The minimum atomic E-state index is 0.0581. The van der Waals surface area contributed by atoms with Crippen LogP contribution in [0.2, 0.25) is 5.02 Å². The van der Waals surface area contributed by atoms with Gasteiger partial charge in [0.2, 0.25) is 5.91 Å². The number of hydrogen-bond acceptors (Lipinski definition) is 3. The molecule has 0 bridgehead atoms. The summed E-state index contributed by atoms with van der Waals surface area (Å²) in [4.78, 5) is 19.3. The number of rotatable bonds is 5. The number of carbonyl (C=O) groups is 1. The highest BCUT2D eigenvalue weighted by Gasteiger charge is 2.25. The highest BCUT2D eigenvalue weighted by molar-refractivity contribution is 6.30. The number of benzene rings is 1. The number of piperidine rings is 1. The van der Waals surface area contributed by atoms with Crippen LogP contribution in [0.5, 0.6) is 0 Å². The fourth-order valence-corrected chi connectivity index (χ4v) is 3.66. The SMILES string of the molecule is O=C(NCc1ccc(Cl)cc1)C1CCN(c2ccc(-n3cccc3)cn2)CC1. The molecule has 3 heterocycles. The predicted octanol–water partition coefficient (Wildman–Crippen LogP) is 4.06. The van der Waals surface area contributed by atoms with Crippen LogP contribution < -0.4 is 10.2 Å². The van der Waals surface area contributed by atoms with Crippen LogP contribution >= 0.6 is 11.6 Å². The minimum absolute atomic E-state index is 0.0581. The van der Waals surface area contributed by atoms with Crippen LogP contribution in [0.25, 0.3) is 5.69 Å². The van der Waals surface area contributed by atoms with Crippen molar-refractivity contribution in [1.82, 2.24) is 14.9 Å². The topological polar surface area (TPSA) is 50.2 Å². The van der Waals surface area contributed by atoms with Gasteiger partial charge in [-0.1, -0.05) is 23.7 Å². The lowest BCUT2D eigenvalue weighted by atomic mass is 9.96. The molecule has 1 fully saturated rings. The molecule has 0 radical (unpaired) electrons. The summed E-state index contributed by atoms with van der Waals surface area (Å²) in [6.45, 7) is 2.22. The van der Waals surface area contributed by atoms with Gasteiger partial charge >= 0.3 is 0 Å². The Morgan fingerprint density at radius 2 is 1.79 bits per heavy atom. The Hall–Kier alpha value is -2.79. The van der Waals surface area contributed by atoms with Gasteiger partial charge in [-0.15, -0.1) is 0 Å². The second-order valence-electron chi connectivity index (χ2n) is 7.07. The number of pyridine rings is 1. The maximum Gasteiger partial charge on any atom is 0.223 e. The van der Waals surface area contributed by atoms with Gasteiger partial charge < -0.3 is 14.8 Å². The third-order valence-corrected chi connectivity index (χ3v) is 5.46. The van der Waals surface area contributed by atoms with Crippen molar-refractivity contribution in [3.05, 3.63) is 77.7 Å². The van der Waals surface area contributed by atoms with Gasteiger partial charge in [0, 0.05) is 43.0 Å². The summed E-state index contributed by atoms with van der Waals surface area (Å²) in [7, 11) is 0. The number of aromatic nitrogens is 2. The first-order valence-corrected chi connectivity index (χ1v) is 9.93. The average Bonchev–Trinajstić information content (AvgIpc) is 3.28. The summed E-state index contributed by atoms with van der Waals surface area (Å²) < 4.78 is 2.04. The number of halogens is 1. The van der Waals surface area contributed by atoms with Crippen LogP contribution in [-0.2, 0) is 11.3 Å². The molecule has 1 amide bonds. The van der Waals surface area contributed by atoms with Gasteiger partial charge in [-0.3, -0.25) is 4.79 Å². The molecule has 3 aromatic rings.